The number of hydrogen-bond acceptors (Lipinski definition) is 5. The molecule has 1 saturated carbocycles. The molecule has 2 aromatic rings. The summed E-state index contributed by atoms with van der Waals surface area (Å²) in [6.07, 6.45) is 5.29. The van der Waals surface area contributed by atoms with Gasteiger partial charge in [0.25, 0.3) is 0 Å². The van der Waals surface area contributed by atoms with E-state index in [4.69, 9.17) is 4.74 Å². The van der Waals surface area contributed by atoms with Crippen molar-refractivity contribution in [3.05, 3.63) is 51.3 Å². The number of carbonyl (C=O) groups excluding carboxylic acids is 1. The summed E-state index contributed by atoms with van der Waals surface area (Å²) in [5.41, 5.74) is 1.98. The average molecular weight is 343 g/mol. The van der Waals surface area contributed by atoms with E-state index in [1.165, 1.54) is 11.1 Å². The molecule has 7 heteroatoms. The summed E-state index contributed by atoms with van der Waals surface area (Å²) in [6, 6.07) is 6.78. The van der Waals surface area contributed by atoms with E-state index in [1.807, 2.05) is 0 Å². The summed E-state index contributed by atoms with van der Waals surface area (Å²) >= 11 is 0. The van der Waals surface area contributed by atoms with Gasteiger partial charge in [-0.05, 0) is 63.8 Å². The third-order valence-corrected chi connectivity index (χ3v) is 4.61. The molecular weight excluding hydrogens is 322 g/mol. The topological polar surface area (TPSA) is 87.3 Å². The summed E-state index contributed by atoms with van der Waals surface area (Å²) in [5.74, 6) is -0.321. The zero-order valence-corrected chi connectivity index (χ0v) is 14.4. The van der Waals surface area contributed by atoms with Gasteiger partial charge in [-0.3, -0.25) is 10.1 Å². The number of aromatic nitrogens is 2. The largest absolute Gasteiger partial charge is 0.459 e. The van der Waals surface area contributed by atoms with Crippen LogP contribution in [0.3, 0.4) is 0 Å². The summed E-state index contributed by atoms with van der Waals surface area (Å²) in [4.78, 5) is 22.9. The number of carbonyl (C=O) groups is 1. The molecule has 0 bridgehead atoms. The van der Waals surface area contributed by atoms with Crippen molar-refractivity contribution in [1.29, 1.82) is 0 Å². The highest BCUT2D eigenvalue weighted by atomic mass is 16.6. The lowest BCUT2D eigenvalue weighted by Gasteiger charge is -2.21. The summed E-state index contributed by atoms with van der Waals surface area (Å²) < 4.78 is 7.07. The Morgan fingerprint density at radius 3 is 2.40 bits per heavy atom. The highest BCUT2D eigenvalue weighted by molar-refractivity contribution is 5.89. The fourth-order valence-electron chi connectivity index (χ4n) is 3.29. The molecule has 0 amide bonds. The van der Waals surface area contributed by atoms with Crippen LogP contribution in [-0.2, 0) is 4.74 Å². The number of benzene rings is 1. The standard InChI is InChI=1S/C18H21N3O4/c1-12-17(21(23)24)13(2)20(19-12)15-10-8-14(9-11-15)18(22)25-16-6-4-3-5-7-16/h8-11,16H,3-7H2,1-2H3. The van der Waals surface area contributed by atoms with Crippen LogP contribution >= 0.6 is 0 Å². The van der Waals surface area contributed by atoms with Crippen LogP contribution < -0.4 is 0 Å². The average Bonchev–Trinajstić information content (AvgIpc) is 2.90. The Hall–Kier alpha value is -2.70. The molecule has 1 fully saturated rings. The SMILES string of the molecule is Cc1nn(-c2ccc(C(=O)OC3CCCCC3)cc2)c(C)c1[N+](=O)[O-]. The Labute approximate surface area is 145 Å². The van der Waals surface area contributed by atoms with Gasteiger partial charge in [0, 0.05) is 0 Å². The molecule has 1 aliphatic carbocycles. The maximum atomic E-state index is 12.2. The quantitative estimate of drug-likeness (QED) is 0.477. The van der Waals surface area contributed by atoms with Crippen LogP contribution in [0, 0.1) is 24.0 Å². The van der Waals surface area contributed by atoms with Crippen molar-refractivity contribution >= 4 is 11.7 Å². The van der Waals surface area contributed by atoms with Crippen molar-refractivity contribution in [2.45, 2.75) is 52.1 Å². The highest BCUT2D eigenvalue weighted by Gasteiger charge is 2.23. The number of nitrogens with zero attached hydrogens (tertiary/aromatic N) is 3. The molecule has 0 atom stereocenters. The molecule has 0 saturated heterocycles. The second-order valence-electron chi connectivity index (χ2n) is 6.40. The minimum absolute atomic E-state index is 0.0135. The lowest BCUT2D eigenvalue weighted by atomic mass is 9.98. The molecule has 7 nitrogen and oxygen atoms in total. The Balaban J connectivity index is 1.77. The Morgan fingerprint density at radius 1 is 1.20 bits per heavy atom. The first-order chi connectivity index (χ1) is 12.0. The van der Waals surface area contributed by atoms with E-state index in [0.717, 1.165) is 25.7 Å². The number of rotatable bonds is 4. The van der Waals surface area contributed by atoms with E-state index in [9.17, 15) is 14.9 Å². The number of nitro groups is 1. The van der Waals surface area contributed by atoms with Crippen LogP contribution in [0.15, 0.2) is 24.3 Å². The van der Waals surface area contributed by atoms with E-state index in [2.05, 4.69) is 5.10 Å². The molecule has 0 spiro atoms. The van der Waals surface area contributed by atoms with Crippen LogP contribution in [0.2, 0.25) is 0 Å². The van der Waals surface area contributed by atoms with Crippen molar-refractivity contribution in [2.75, 3.05) is 0 Å². The zero-order chi connectivity index (χ0) is 18.0. The molecule has 0 radical (unpaired) electrons. The number of esters is 1. The van der Waals surface area contributed by atoms with Crippen molar-refractivity contribution < 1.29 is 14.5 Å². The number of ether oxygens (including phenoxy) is 1. The Bertz CT molecular complexity index is 789. The predicted molar refractivity (Wildman–Crippen MR) is 92.0 cm³/mol. The van der Waals surface area contributed by atoms with Crippen molar-refractivity contribution in [3.63, 3.8) is 0 Å². The first-order valence-corrected chi connectivity index (χ1v) is 8.49. The highest BCUT2D eigenvalue weighted by Crippen LogP contribution is 2.25. The van der Waals surface area contributed by atoms with Gasteiger partial charge in [-0.15, -0.1) is 0 Å². The Morgan fingerprint density at radius 2 is 1.84 bits per heavy atom. The van der Waals surface area contributed by atoms with Gasteiger partial charge in [0.05, 0.1) is 16.2 Å². The first kappa shape index (κ1) is 17.1. The van der Waals surface area contributed by atoms with Gasteiger partial charge in [-0.1, -0.05) is 6.42 Å². The van der Waals surface area contributed by atoms with E-state index < -0.39 is 4.92 Å². The third-order valence-electron chi connectivity index (χ3n) is 4.61. The molecule has 1 aromatic carbocycles. The molecule has 132 valence electrons. The van der Waals surface area contributed by atoms with Crippen LogP contribution in [-0.4, -0.2) is 26.8 Å². The molecule has 3 rings (SSSR count). The lowest BCUT2D eigenvalue weighted by molar-refractivity contribution is -0.386. The number of aryl methyl sites for hydroxylation is 1. The van der Waals surface area contributed by atoms with Crippen molar-refractivity contribution in [1.82, 2.24) is 9.78 Å². The Kier molecular flexibility index (Phi) is 4.83. The van der Waals surface area contributed by atoms with E-state index in [-0.39, 0.29) is 17.8 Å². The molecule has 0 aliphatic heterocycles. The monoisotopic (exact) mass is 343 g/mol. The molecule has 25 heavy (non-hydrogen) atoms. The van der Waals surface area contributed by atoms with Gasteiger partial charge in [0.1, 0.15) is 17.5 Å². The van der Waals surface area contributed by atoms with E-state index in [1.54, 1.807) is 38.1 Å². The minimum atomic E-state index is -0.427. The van der Waals surface area contributed by atoms with Gasteiger partial charge in [0.15, 0.2) is 0 Å². The van der Waals surface area contributed by atoms with Crippen LogP contribution in [0.1, 0.15) is 53.8 Å². The summed E-state index contributed by atoms with van der Waals surface area (Å²) in [5, 5.41) is 15.3. The molecule has 0 unspecified atom stereocenters. The van der Waals surface area contributed by atoms with E-state index in [0.29, 0.717) is 22.6 Å². The van der Waals surface area contributed by atoms with Crippen LogP contribution in [0.25, 0.3) is 5.69 Å². The van der Waals surface area contributed by atoms with Crippen LogP contribution in [0.5, 0.6) is 0 Å². The lowest BCUT2D eigenvalue weighted by Crippen LogP contribution is -2.20. The third kappa shape index (κ3) is 3.55. The van der Waals surface area contributed by atoms with Crippen LogP contribution in [0.4, 0.5) is 5.69 Å². The van der Waals surface area contributed by atoms with Gasteiger partial charge in [-0.2, -0.15) is 5.10 Å². The first-order valence-electron chi connectivity index (χ1n) is 8.49. The van der Waals surface area contributed by atoms with Gasteiger partial charge < -0.3 is 4.74 Å². The van der Waals surface area contributed by atoms with E-state index >= 15 is 0 Å². The smallest absolute Gasteiger partial charge is 0.338 e. The van der Waals surface area contributed by atoms with Crippen molar-refractivity contribution in [3.8, 4) is 5.69 Å². The summed E-state index contributed by atoms with van der Waals surface area (Å²) in [6.45, 7) is 3.26. The fraction of sp³-hybridized carbons (Fsp3) is 0.444. The van der Waals surface area contributed by atoms with Gasteiger partial charge in [-0.25, -0.2) is 9.48 Å². The normalized spacial score (nSPS) is 15.1. The minimum Gasteiger partial charge on any atom is -0.459 e. The summed E-state index contributed by atoms with van der Waals surface area (Å²) in [7, 11) is 0. The fourth-order valence-corrected chi connectivity index (χ4v) is 3.29. The maximum absolute atomic E-state index is 12.2. The predicted octanol–water partition coefficient (Wildman–Crippen LogP) is 3.89. The van der Waals surface area contributed by atoms with Crippen molar-refractivity contribution in [2.24, 2.45) is 0 Å². The number of hydrogen-bond donors (Lipinski definition) is 0. The molecule has 1 heterocycles. The van der Waals surface area contributed by atoms with Gasteiger partial charge >= 0.3 is 11.7 Å². The zero-order valence-electron chi connectivity index (χ0n) is 14.4. The molecule has 1 aromatic heterocycles. The second kappa shape index (κ2) is 7.04. The maximum Gasteiger partial charge on any atom is 0.338 e. The molecule has 1 aliphatic rings. The van der Waals surface area contributed by atoms with Gasteiger partial charge in [0.2, 0.25) is 0 Å². The second-order valence-corrected chi connectivity index (χ2v) is 6.40. The molecule has 0 N–H and O–H groups in total. The molecular formula is C18H21N3O4.